The molecule has 30 heavy (non-hydrogen) atoms. The van der Waals surface area contributed by atoms with Crippen molar-refractivity contribution in [1.29, 1.82) is 0 Å². The molecule has 2 aromatic carbocycles. The van der Waals surface area contributed by atoms with E-state index >= 15 is 0 Å². The Balaban J connectivity index is 2.25. The summed E-state index contributed by atoms with van der Waals surface area (Å²) in [7, 11) is -3.69. The second-order valence-corrected chi connectivity index (χ2v) is 8.56. The zero-order valence-electron chi connectivity index (χ0n) is 16.4. The van der Waals surface area contributed by atoms with E-state index in [1.54, 1.807) is 6.92 Å². The molecule has 0 atom stereocenters. The minimum atomic E-state index is -4.66. The normalized spacial score (nSPS) is 11.8. The Morgan fingerprint density at radius 2 is 1.60 bits per heavy atom. The van der Waals surface area contributed by atoms with Crippen LogP contribution in [0.1, 0.15) is 29.8 Å². The summed E-state index contributed by atoms with van der Waals surface area (Å²) in [5.41, 5.74) is -1.52. The Kier molecular flexibility index (Phi) is 7.25. The van der Waals surface area contributed by atoms with Crippen molar-refractivity contribution in [2.24, 2.45) is 0 Å². The number of carbonyl (C=O) groups is 2. The fraction of sp³-hybridized carbons (Fsp3) is 0.300. The Morgan fingerprint density at radius 1 is 1.00 bits per heavy atom. The molecule has 0 aromatic heterocycles. The molecule has 10 heteroatoms. The molecule has 0 aliphatic carbocycles. The molecule has 162 valence electrons. The molecule has 6 nitrogen and oxygen atoms in total. The lowest BCUT2D eigenvalue weighted by atomic mass is 10.1. The first-order valence-corrected chi connectivity index (χ1v) is 10.7. The first-order valence-electron chi connectivity index (χ1n) is 9.08. The number of sulfone groups is 1. The van der Waals surface area contributed by atoms with Gasteiger partial charge in [-0.15, -0.1) is 0 Å². The van der Waals surface area contributed by atoms with Crippen LogP contribution in [0.4, 0.5) is 18.9 Å². The number of halogens is 3. The van der Waals surface area contributed by atoms with Gasteiger partial charge in [-0.05, 0) is 31.2 Å². The quantitative estimate of drug-likeness (QED) is 0.710. The fourth-order valence-corrected chi connectivity index (χ4v) is 3.86. The van der Waals surface area contributed by atoms with Gasteiger partial charge in [0.1, 0.15) is 6.54 Å². The van der Waals surface area contributed by atoms with Gasteiger partial charge in [0.25, 0.3) is 5.91 Å². The van der Waals surface area contributed by atoms with Crippen LogP contribution in [0, 0.1) is 0 Å². The van der Waals surface area contributed by atoms with Gasteiger partial charge >= 0.3 is 6.18 Å². The number of anilines is 1. The molecule has 0 heterocycles. The van der Waals surface area contributed by atoms with E-state index in [1.807, 2.05) is 0 Å². The number of nitrogens with zero attached hydrogens (tertiary/aromatic N) is 1. The number of carbonyl (C=O) groups excluding carboxylic acids is 2. The van der Waals surface area contributed by atoms with Crippen LogP contribution < -0.4 is 5.32 Å². The second kappa shape index (κ2) is 9.29. The molecular formula is C20H21F3N2O4S. The van der Waals surface area contributed by atoms with Gasteiger partial charge in [0.05, 0.1) is 27.5 Å². The Morgan fingerprint density at radius 3 is 2.20 bits per heavy atom. The van der Waals surface area contributed by atoms with Gasteiger partial charge in [-0.1, -0.05) is 31.2 Å². The third-order valence-corrected chi connectivity index (χ3v) is 6.13. The van der Waals surface area contributed by atoms with E-state index in [0.717, 1.165) is 17.0 Å². The van der Waals surface area contributed by atoms with E-state index in [-0.39, 0.29) is 22.8 Å². The van der Waals surface area contributed by atoms with E-state index in [1.165, 1.54) is 43.3 Å². The average Bonchev–Trinajstić information content (AvgIpc) is 2.71. The van der Waals surface area contributed by atoms with Crippen molar-refractivity contribution in [2.75, 3.05) is 24.2 Å². The zero-order chi connectivity index (χ0) is 22.5. The lowest BCUT2D eigenvalue weighted by Gasteiger charge is -2.22. The average molecular weight is 442 g/mol. The van der Waals surface area contributed by atoms with Crippen molar-refractivity contribution in [3.63, 3.8) is 0 Å². The maximum atomic E-state index is 13.1. The van der Waals surface area contributed by atoms with Gasteiger partial charge in [-0.2, -0.15) is 13.2 Å². The number of benzene rings is 2. The molecule has 0 aliphatic heterocycles. The molecule has 0 saturated heterocycles. The molecule has 2 aromatic rings. The van der Waals surface area contributed by atoms with Crippen molar-refractivity contribution in [2.45, 2.75) is 24.9 Å². The van der Waals surface area contributed by atoms with Gasteiger partial charge in [0.2, 0.25) is 5.91 Å². The molecule has 0 bridgehead atoms. The summed E-state index contributed by atoms with van der Waals surface area (Å²) in [6.07, 6.45) is -4.66. The van der Waals surface area contributed by atoms with Crippen LogP contribution in [0.25, 0.3) is 0 Å². The maximum absolute atomic E-state index is 13.1. The number of para-hydroxylation sites is 1. The van der Waals surface area contributed by atoms with Crippen molar-refractivity contribution in [1.82, 2.24) is 4.90 Å². The lowest BCUT2D eigenvalue weighted by Crippen LogP contribution is -2.38. The molecule has 0 aliphatic rings. The smallest absolute Gasteiger partial charge is 0.330 e. The third kappa shape index (κ3) is 5.38. The van der Waals surface area contributed by atoms with Crippen LogP contribution in [0.3, 0.4) is 0 Å². The Bertz CT molecular complexity index is 1040. The highest BCUT2D eigenvalue weighted by Gasteiger charge is 2.34. The second-order valence-electron chi connectivity index (χ2n) is 6.31. The van der Waals surface area contributed by atoms with E-state index < -0.39 is 45.6 Å². The van der Waals surface area contributed by atoms with Crippen molar-refractivity contribution >= 4 is 27.3 Å². The fourth-order valence-electron chi connectivity index (χ4n) is 2.77. The first kappa shape index (κ1) is 23.4. The highest BCUT2D eigenvalue weighted by atomic mass is 32.2. The molecule has 0 spiro atoms. The van der Waals surface area contributed by atoms with Gasteiger partial charge < -0.3 is 10.2 Å². The minimum absolute atomic E-state index is 0.0493. The van der Waals surface area contributed by atoms with E-state index in [2.05, 4.69) is 5.32 Å². The number of alkyl halides is 3. The zero-order valence-corrected chi connectivity index (χ0v) is 17.2. The minimum Gasteiger partial charge on any atom is -0.330 e. The standard InChI is InChI=1S/C20H21F3N2O4S/c1-3-25(19(27)14-9-5-8-12-17(14)30(28,29)4-2)13-18(26)24-16-11-7-6-10-15(16)20(21,22)23/h5-12H,3-4,13H2,1-2H3,(H,24,26). The molecule has 1 N–H and O–H groups in total. The van der Waals surface area contributed by atoms with Crippen molar-refractivity contribution in [3.8, 4) is 0 Å². The van der Waals surface area contributed by atoms with Crippen LogP contribution in [-0.4, -0.2) is 44.0 Å². The number of rotatable bonds is 7. The topological polar surface area (TPSA) is 83.6 Å². The maximum Gasteiger partial charge on any atom is 0.418 e. The predicted octanol–water partition coefficient (Wildman–Crippen LogP) is 3.60. The summed E-state index contributed by atoms with van der Waals surface area (Å²) in [5.74, 6) is -1.75. The highest BCUT2D eigenvalue weighted by molar-refractivity contribution is 7.91. The van der Waals surface area contributed by atoms with Crippen LogP contribution in [0.5, 0.6) is 0 Å². The Hall–Kier alpha value is -2.88. The van der Waals surface area contributed by atoms with Gasteiger partial charge in [0.15, 0.2) is 9.84 Å². The van der Waals surface area contributed by atoms with Crippen LogP contribution >= 0.6 is 0 Å². The molecule has 0 saturated carbocycles. The van der Waals surface area contributed by atoms with Gasteiger partial charge in [-0.25, -0.2) is 8.42 Å². The van der Waals surface area contributed by atoms with E-state index in [4.69, 9.17) is 0 Å². The SMILES string of the molecule is CCN(CC(=O)Nc1ccccc1C(F)(F)F)C(=O)c1ccccc1S(=O)(=O)CC. The third-order valence-electron chi connectivity index (χ3n) is 4.34. The summed E-state index contributed by atoms with van der Waals surface area (Å²) in [4.78, 5) is 26.1. The summed E-state index contributed by atoms with van der Waals surface area (Å²) in [5, 5.41) is 2.17. The van der Waals surface area contributed by atoms with Crippen molar-refractivity contribution < 1.29 is 31.2 Å². The molecule has 2 rings (SSSR count). The predicted molar refractivity (Wildman–Crippen MR) is 106 cm³/mol. The first-order chi connectivity index (χ1) is 14.0. The number of amides is 2. The van der Waals surface area contributed by atoms with Gasteiger partial charge in [0, 0.05) is 6.54 Å². The number of nitrogens with one attached hydrogen (secondary N) is 1. The molecule has 2 amide bonds. The molecule has 0 unspecified atom stereocenters. The number of likely N-dealkylation sites (N-methyl/N-ethyl adjacent to an activating group) is 1. The highest BCUT2D eigenvalue weighted by Crippen LogP contribution is 2.34. The van der Waals surface area contributed by atoms with Gasteiger partial charge in [-0.3, -0.25) is 9.59 Å². The molecular weight excluding hydrogens is 421 g/mol. The van der Waals surface area contributed by atoms with E-state index in [9.17, 15) is 31.2 Å². The van der Waals surface area contributed by atoms with Crippen LogP contribution in [-0.2, 0) is 20.8 Å². The lowest BCUT2D eigenvalue weighted by molar-refractivity contribution is -0.137. The number of hydrogen-bond acceptors (Lipinski definition) is 4. The molecule has 0 radical (unpaired) electrons. The molecule has 0 fully saturated rings. The van der Waals surface area contributed by atoms with E-state index in [0.29, 0.717) is 0 Å². The summed E-state index contributed by atoms with van der Waals surface area (Å²) < 4.78 is 63.8. The van der Waals surface area contributed by atoms with Crippen molar-refractivity contribution in [3.05, 3.63) is 59.7 Å². The summed E-state index contributed by atoms with van der Waals surface area (Å²) >= 11 is 0. The van der Waals surface area contributed by atoms with Crippen LogP contribution in [0.2, 0.25) is 0 Å². The number of hydrogen-bond donors (Lipinski definition) is 1. The summed E-state index contributed by atoms with van der Waals surface area (Å²) in [6.45, 7) is 2.53. The Labute approximate surface area is 172 Å². The van der Waals surface area contributed by atoms with Crippen LogP contribution in [0.15, 0.2) is 53.4 Å². The largest absolute Gasteiger partial charge is 0.418 e. The monoisotopic (exact) mass is 442 g/mol. The summed E-state index contributed by atoms with van der Waals surface area (Å²) in [6, 6.07) is 10.1.